The van der Waals surface area contributed by atoms with Gasteiger partial charge in [-0.1, -0.05) is 18.2 Å². The first-order valence-electron chi connectivity index (χ1n) is 14.2. The number of piperidine rings is 1. The highest BCUT2D eigenvalue weighted by Gasteiger charge is 2.34. The van der Waals surface area contributed by atoms with E-state index in [1.165, 1.54) is 17.6 Å². The smallest absolute Gasteiger partial charge is 0.332 e. The monoisotopic (exact) mass is 594 g/mol. The second kappa shape index (κ2) is 11.9. The molecule has 2 fully saturated rings. The van der Waals surface area contributed by atoms with Gasteiger partial charge in [0.05, 0.1) is 36.2 Å². The molecule has 1 unspecified atom stereocenters. The van der Waals surface area contributed by atoms with Crippen molar-refractivity contribution in [2.24, 2.45) is 0 Å². The number of nitrogens with zero attached hydrogens (tertiary/aromatic N) is 4. The number of aromatic nitrogens is 3. The van der Waals surface area contributed by atoms with Crippen molar-refractivity contribution >= 4 is 27.5 Å². The van der Waals surface area contributed by atoms with Crippen LogP contribution in [0.4, 0.5) is 0 Å². The normalized spacial score (nSPS) is 19.0. The molecular weight excluding hydrogens is 560 g/mol. The van der Waals surface area contributed by atoms with E-state index >= 15 is 0 Å². The quantitative estimate of drug-likeness (QED) is 0.301. The summed E-state index contributed by atoms with van der Waals surface area (Å²) in [5.41, 5.74) is 0.419. The summed E-state index contributed by atoms with van der Waals surface area (Å²) < 4.78 is 26.2. The van der Waals surface area contributed by atoms with Crippen LogP contribution >= 0.6 is 11.3 Å². The summed E-state index contributed by atoms with van der Waals surface area (Å²) in [6.45, 7) is 3.71. The van der Waals surface area contributed by atoms with Crippen LogP contribution in [0.25, 0.3) is 21.0 Å². The number of para-hydroxylation sites is 1. The van der Waals surface area contributed by atoms with Crippen LogP contribution in [0.3, 0.4) is 0 Å². The van der Waals surface area contributed by atoms with Gasteiger partial charge < -0.3 is 23.5 Å². The molecule has 0 saturated carbocycles. The fraction of sp³-hybridized carbons (Fsp3) is 0.467. The lowest BCUT2D eigenvalue weighted by Crippen LogP contribution is -2.49. The number of likely N-dealkylation sites (tertiary alicyclic amines) is 1. The zero-order valence-corrected chi connectivity index (χ0v) is 24.7. The van der Waals surface area contributed by atoms with Crippen molar-refractivity contribution in [1.82, 2.24) is 19.0 Å². The standard InChI is InChI=1S/C30H34N4O7S/c1-18-24-28(36)34(21-8-6-13-32(2)27(21)35)30(37)33(29(24)42-25(18)26-31-12-16-40-26)17-23(41-19-10-14-39-15-11-19)20-7-4-5-9-22(20)38-3/h4-5,7,9,12,16,19,21,23H,6,8,10-11,13-15,17H2,1-3H3/t21?,23-/m0/s1. The van der Waals surface area contributed by atoms with Crippen LogP contribution in [0.2, 0.25) is 0 Å². The minimum atomic E-state index is -0.884. The number of aryl methyl sites for hydroxylation is 1. The van der Waals surface area contributed by atoms with Gasteiger partial charge in [-0.25, -0.2) is 14.3 Å². The summed E-state index contributed by atoms with van der Waals surface area (Å²) in [4.78, 5) is 48.8. The number of ether oxygens (including phenoxy) is 3. The van der Waals surface area contributed by atoms with Gasteiger partial charge in [0.15, 0.2) is 0 Å². The summed E-state index contributed by atoms with van der Waals surface area (Å²) in [5, 5.41) is 0.374. The first-order valence-corrected chi connectivity index (χ1v) is 15.0. The molecule has 11 nitrogen and oxygen atoms in total. The molecule has 0 spiro atoms. The van der Waals surface area contributed by atoms with Crippen LogP contribution in [-0.4, -0.2) is 64.9 Å². The zero-order valence-electron chi connectivity index (χ0n) is 23.9. The van der Waals surface area contributed by atoms with Crippen LogP contribution in [-0.2, 0) is 20.8 Å². The lowest BCUT2D eigenvalue weighted by Gasteiger charge is -2.31. The van der Waals surface area contributed by atoms with Crippen molar-refractivity contribution in [3.63, 3.8) is 0 Å². The average molecular weight is 595 g/mol. The number of carbonyl (C=O) groups excluding carboxylic acids is 1. The lowest BCUT2D eigenvalue weighted by molar-refractivity contribution is -0.136. The van der Waals surface area contributed by atoms with Crippen molar-refractivity contribution in [3.8, 4) is 16.5 Å². The topological polar surface area (TPSA) is 118 Å². The third-order valence-corrected chi connectivity index (χ3v) is 9.48. The van der Waals surface area contributed by atoms with E-state index in [2.05, 4.69) is 4.98 Å². The largest absolute Gasteiger partial charge is 0.496 e. The number of fused-ring (bicyclic) bond motifs is 1. The number of oxazole rings is 1. The maximum Gasteiger partial charge on any atom is 0.332 e. The van der Waals surface area contributed by atoms with Gasteiger partial charge in [0, 0.05) is 32.4 Å². The summed E-state index contributed by atoms with van der Waals surface area (Å²) in [6.07, 6.45) is 4.92. The lowest BCUT2D eigenvalue weighted by atomic mass is 10.0. The maximum absolute atomic E-state index is 14.4. The van der Waals surface area contributed by atoms with Crippen LogP contribution in [0.15, 0.2) is 50.7 Å². The number of amides is 1. The number of methoxy groups -OCH3 is 1. The molecule has 4 aromatic rings. The molecule has 3 aromatic heterocycles. The molecule has 2 saturated heterocycles. The van der Waals surface area contributed by atoms with Crippen molar-refractivity contribution in [2.75, 3.05) is 33.9 Å². The van der Waals surface area contributed by atoms with Crippen molar-refractivity contribution in [2.45, 2.75) is 57.4 Å². The molecule has 0 N–H and O–H groups in total. The summed E-state index contributed by atoms with van der Waals surface area (Å²) in [5.74, 6) is 0.762. The number of likely N-dealkylation sites (N-methyl/N-ethyl adjacent to an activating group) is 1. The van der Waals surface area contributed by atoms with E-state index in [1.807, 2.05) is 31.2 Å². The summed E-state index contributed by atoms with van der Waals surface area (Å²) >= 11 is 1.28. The van der Waals surface area contributed by atoms with Gasteiger partial charge in [0.25, 0.3) is 5.56 Å². The molecule has 5 heterocycles. The van der Waals surface area contributed by atoms with Crippen molar-refractivity contribution in [3.05, 3.63) is 68.7 Å². The van der Waals surface area contributed by atoms with Crippen LogP contribution in [0.5, 0.6) is 5.75 Å². The van der Waals surface area contributed by atoms with E-state index in [0.717, 1.165) is 23.0 Å². The summed E-state index contributed by atoms with van der Waals surface area (Å²) in [6, 6.07) is 6.70. The Hall–Kier alpha value is -3.74. The van der Waals surface area contributed by atoms with E-state index in [1.54, 1.807) is 29.8 Å². The minimum absolute atomic E-state index is 0.0766. The zero-order chi connectivity index (χ0) is 29.4. The van der Waals surface area contributed by atoms with Crippen LogP contribution in [0, 0.1) is 6.92 Å². The van der Waals surface area contributed by atoms with E-state index in [0.29, 0.717) is 64.9 Å². The van der Waals surface area contributed by atoms with E-state index in [9.17, 15) is 14.4 Å². The Bertz CT molecular complexity index is 1700. The Morgan fingerprint density at radius 2 is 1.93 bits per heavy atom. The number of rotatable bonds is 8. The average Bonchev–Trinajstić information content (AvgIpc) is 3.65. The highest BCUT2D eigenvalue weighted by molar-refractivity contribution is 7.22. The molecule has 2 atom stereocenters. The fourth-order valence-electron chi connectivity index (χ4n) is 5.95. The molecular formula is C30H34N4O7S. The number of benzene rings is 1. The Labute approximate surface area is 246 Å². The first-order chi connectivity index (χ1) is 20.4. The van der Waals surface area contributed by atoms with Crippen molar-refractivity contribution in [1.29, 1.82) is 0 Å². The molecule has 0 aliphatic carbocycles. The fourth-order valence-corrected chi connectivity index (χ4v) is 7.19. The third kappa shape index (κ3) is 5.07. The van der Waals surface area contributed by atoms with Crippen molar-refractivity contribution < 1.29 is 23.4 Å². The van der Waals surface area contributed by atoms with Gasteiger partial charge in [-0.3, -0.25) is 14.2 Å². The summed E-state index contributed by atoms with van der Waals surface area (Å²) in [7, 11) is 3.30. The number of hydrogen-bond acceptors (Lipinski definition) is 9. The molecule has 2 aliphatic heterocycles. The predicted octanol–water partition coefficient (Wildman–Crippen LogP) is 3.93. The third-order valence-electron chi connectivity index (χ3n) is 8.17. The predicted molar refractivity (Wildman–Crippen MR) is 157 cm³/mol. The molecule has 0 radical (unpaired) electrons. The molecule has 12 heteroatoms. The molecule has 0 bridgehead atoms. The van der Waals surface area contributed by atoms with Crippen LogP contribution in [0.1, 0.15) is 49.0 Å². The van der Waals surface area contributed by atoms with Gasteiger partial charge in [-0.2, -0.15) is 0 Å². The molecule has 6 rings (SSSR count). The maximum atomic E-state index is 14.4. The Balaban J connectivity index is 1.56. The highest BCUT2D eigenvalue weighted by atomic mass is 32.1. The Morgan fingerprint density at radius 3 is 2.67 bits per heavy atom. The van der Waals surface area contributed by atoms with E-state index < -0.39 is 23.4 Å². The Morgan fingerprint density at radius 1 is 1.14 bits per heavy atom. The molecule has 222 valence electrons. The SMILES string of the molecule is COc1ccccc1[C@H](Cn1c(=O)n(C2CCCN(C)C2=O)c(=O)c2c(C)c(-c3ncco3)sc21)OC1CCOCC1. The van der Waals surface area contributed by atoms with Gasteiger partial charge in [-0.05, 0) is 44.2 Å². The van der Waals surface area contributed by atoms with E-state index in [-0.39, 0.29) is 18.6 Å². The molecule has 1 aromatic carbocycles. The minimum Gasteiger partial charge on any atom is -0.496 e. The Kier molecular flexibility index (Phi) is 8.02. The second-order valence-electron chi connectivity index (χ2n) is 10.7. The second-order valence-corrected chi connectivity index (χ2v) is 11.7. The highest BCUT2D eigenvalue weighted by Crippen LogP contribution is 2.38. The number of carbonyl (C=O) groups is 1. The number of thiophene rings is 1. The first kappa shape index (κ1) is 28.4. The molecule has 2 aliphatic rings. The number of hydrogen-bond donors (Lipinski definition) is 0. The van der Waals surface area contributed by atoms with Gasteiger partial charge >= 0.3 is 5.69 Å². The van der Waals surface area contributed by atoms with Gasteiger partial charge in [0.2, 0.25) is 11.8 Å². The van der Waals surface area contributed by atoms with Gasteiger partial charge in [-0.15, -0.1) is 11.3 Å². The van der Waals surface area contributed by atoms with E-state index in [4.69, 9.17) is 18.6 Å². The van der Waals surface area contributed by atoms with Gasteiger partial charge in [0.1, 0.15) is 29.0 Å². The van der Waals surface area contributed by atoms with Crippen LogP contribution < -0.4 is 16.0 Å². The molecule has 42 heavy (non-hydrogen) atoms. The molecule has 1 amide bonds.